The number of ether oxygens (including phenoxy) is 2. The minimum absolute atomic E-state index is 0.0266. The van der Waals surface area contributed by atoms with Gasteiger partial charge in [0, 0.05) is 11.8 Å². The second-order valence-electron chi connectivity index (χ2n) is 9.49. The molecule has 0 bridgehead atoms. The van der Waals surface area contributed by atoms with Gasteiger partial charge >= 0.3 is 11.9 Å². The van der Waals surface area contributed by atoms with E-state index in [1.165, 1.54) is 30.2 Å². The Labute approximate surface area is 225 Å². The lowest BCUT2D eigenvalue weighted by Crippen LogP contribution is -2.39. The molecule has 1 saturated carbocycles. The van der Waals surface area contributed by atoms with E-state index in [4.69, 9.17) is 32.7 Å². The minimum atomic E-state index is -1.20. The molecule has 8 nitrogen and oxygen atoms in total. The Morgan fingerprint density at radius 1 is 1.03 bits per heavy atom. The summed E-state index contributed by atoms with van der Waals surface area (Å²) < 4.78 is 10.7. The van der Waals surface area contributed by atoms with Gasteiger partial charge in [-0.05, 0) is 62.4 Å². The summed E-state index contributed by atoms with van der Waals surface area (Å²) in [6.45, 7) is 3.53. The van der Waals surface area contributed by atoms with Gasteiger partial charge in [-0.25, -0.2) is 9.59 Å². The Bertz CT molecular complexity index is 1210. The van der Waals surface area contributed by atoms with Crippen molar-refractivity contribution in [3.05, 3.63) is 57.6 Å². The molecule has 0 aromatic heterocycles. The Balaban J connectivity index is 1.85. The van der Waals surface area contributed by atoms with E-state index in [-0.39, 0.29) is 34.5 Å². The van der Waals surface area contributed by atoms with Gasteiger partial charge in [-0.2, -0.15) is 0 Å². The van der Waals surface area contributed by atoms with E-state index in [1.807, 2.05) is 0 Å². The number of hydrogen-bond donors (Lipinski definition) is 1. The molecule has 2 aromatic rings. The number of aromatic carboxylic acids is 1. The molecular formula is C27H29Cl2NO7. The number of carboxylic acids is 1. The van der Waals surface area contributed by atoms with Gasteiger partial charge < -0.3 is 19.5 Å². The number of amides is 1. The van der Waals surface area contributed by atoms with Crippen molar-refractivity contribution < 1.29 is 33.8 Å². The normalized spacial score (nSPS) is 13.8. The van der Waals surface area contributed by atoms with Crippen LogP contribution in [-0.2, 0) is 25.7 Å². The molecule has 1 aliphatic carbocycles. The third kappa shape index (κ3) is 7.02. The van der Waals surface area contributed by atoms with Crippen molar-refractivity contribution in [2.75, 3.05) is 12.0 Å². The van der Waals surface area contributed by atoms with Gasteiger partial charge in [0.25, 0.3) is 0 Å². The predicted octanol–water partition coefficient (Wildman–Crippen LogP) is 5.70. The molecule has 37 heavy (non-hydrogen) atoms. The van der Waals surface area contributed by atoms with Gasteiger partial charge in [-0.3, -0.25) is 9.59 Å². The van der Waals surface area contributed by atoms with Gasteiger partial charge in [0.2, 0.25) is 11.7 Å². The predicted molar refractivity (Wildman–Crippen MR) is 139 cm³/mol. The molecule has 1 N–H and O–H groups in total. The highest BCUT2D eigenvalue weighted by Gasteiger charge is 2.37. The van der Waals surface area contributed by atoms with Crippen LogP contribution in [0.1, 0.15) is 61.9 Å². The van der Waals surface area contributed by atoms with Crippen LogP contribution in [0.3, 0.4) is 0 Å². The highest BCUT2D eigenvalue weighted by molar-refractivity contribution is 6.42. The quantitative estimate of drug-likeness (QED) is 0.229. The van der Waals surface area contributed by atoms with Crippen LogP contribution in [0.4, 0.5) is 5.69 Å². The number of halogens is 2. The van der Waals surface area contributed by atoms with Crippen LogP contribution >= 0.6 is 23.2 Å². The summed E-state index contributed by atoms with van der Waals surface area (Å²) in [5.74, 6) is -3.72. The second kappa shape index (κ2) is 12.0. The lowest BCUT2D eigenvalue weighted by molar-refractivity contribution is -0.168. The molecule has 0 aliphatic heterocycles. The molecule has 0 atom stereocenters. The summed E-state index contributed by atoms with van der Waals surface area (Å²) in [5, 5.41) is 10.0. The largest absolute Gasteiger partial charge is 0.496 e. The average molecular weight is 550 g/mol. The fourth-order valence-corrected chi connectivity index (χ4v) is 4.79. The number of nitrogens with zero attached hydrogens (tertiary/aromatic N) is 1. The first-order valence-electron chi connectivity index (χ1n) is 11.8. The number of rotatable bonds is 10. The zero-order chi connectivity index (χ0) is 27.3. The Morgan fingerprint density at radius 3 is 2.30 bits per heavy atom. The fourth-order valence-electron chi connectivity index (χ4n) is 4.47. The van der Waals surface area contributed by atoms with Crippen molar-refractivity contribution >= 4 is 52.5 Å². The molecule has 0 saturated heterocycles. The summed E-state index contributed by atoms with van der Waals surface area (Å²) in [5.41, 5.74) is -0.0414. The van der Waals surface area contributed by atoms with Gasteiger partial charge in [0.1, 0.15) is 16.9 Å². The maximum absolute atomic E-state index is 13.3. The van der Waals surface area contributed by atoms with Crippen LogP contribution in [-0.4, -0.2) is 41.4 Å². The van der Waals surface area contributed by atoms with E-state index in [2.05, 4.69) is 0 Å². The van der Waals surface area contributed by atoms with Gasteiger partial charge in [0.15, 0.2) is 0 Å². The summed E-state index contributed by atoms with van der Waals surface area (Å²) in [6.07, 6.45) is 3.19. The maximum Gasteiger partial charge on any atom is 0.375 e. The highest BCUT2D eigenvalue weighted by Crippen LogP contribution is 2.36. The van der Waals surface area contributed by atoms with Gasteiger partial charge in [0.05, 0.1) is 30.1 Å². The molecular weight excluding hydrogens is 521 g/mol. The third-order valence-corrected chi connectivity index (χ3v) is 7.33. The minimum Gasteiger partial charge on any atom is -0.496 e. The summed E-state index contributed by atoms with van der Waals surface area (Å²) >= 11 is 12.1. The molecule has 2 aromatic carbocycles. The first-order valence-corrected chi connectivity index (χ1v) is 12.6. The summed E-state index contributed by atoms with van der Waals surface area (Å²) in [4.78, 5) is 51.4. The molecule has 1 amide bonds. The first-order chi connectivity index (χ1) is 17.4. The van der Waals surface area contributed by atoms with E-state index >= 15 is 0 Å². The Kier molecular flexibility index (Phi) is 9.21. The SMILES string of the molecule is COc1cc(N(Cc2ccc(Cl)c(Cl)c2)C(=O)CC(=O)C(=O)OC(C)(C)C2CCCC2)ccc1C(=O)O. The van der Waals surface area contributed by atoms with Crippen molar-refractivity contribution in [3.63, 3.8) is 0 Å². The number of methoxy groups -OCH3 is 1. The average Bonchev–Trinajstić information content (AvgIpc) is 3.40. The Hall–Kier alpha value is -3.10. The van der Waals surface area contributed by atoms with Crippen molar-refractivity contribution in [1.29, 1.82) is 0 Å². The molecule has 0 radical (unpaired) electrons. The van der Waals surface area contributed by atoms with E-state index in [0.29, 0.717) is 10.6 Å². The first kappa shape index (κ1) is 28.5. The van der Waals surface area contributed by atoms with Crippen LogP contribution in [0.5, 0.6) is 5.75 Å². The van der Waals surface area contributed by atoms with E-state index in [9.17, 15) is 24.3 Å². The molecule has 1 fully saturated rings. The second-order valence-corrected chi connectivity index (χ2v) is 10.3. The molecule has 10 heteroatoms. The van der Waals surface area contributed by atoms with Crippen LogP contribution in [0.25, 0.3) is 0 Å². The topological polar surface area (TPSA) is 110 Å². The monoisotopic (exact) mass is 549 g/mol. The molecule has 0 heterocycles. The van der Waals surface area contributed by atoms with Crippen LogP contribution < -0.4 is 9.64 Å². The number of benzene rings is 2. The van der Waals surface area contributed by atoms with E-state index in [0.717, 1.165) is 25.7 Å². The molecule has 1 aliphatic rings. The lowest BCUT2D eigenvalue weighted by Gasteiger charge is -2.31. The number of Topliss-reactive ketones (excluding diaryl/α,β-unsaturated/α-hetero) is 1. The molecule has 3 rings (SSSR count). The van der Waals surface area contributed by atoms with Crippen molar-refractivity contribution in [2.45, 2.75) is 58.1 Å². The Morgan fingerprint density at radius 2 is 1.70 bits per heavy atom. The smallest absolute Gasteiger partial charge is 0.375 e. The zero-order valence-corrected chi connectivity index (χ0v) is 22.4. The molecule has 0 unspecified atom stereocenters. The van der Waals surface area contributed by atoms with E-state index in [1.54, 1.807) is 32.0 Å². The fraction of sp³-hybridized carbons (Fsp3) is 0.407. The third-order valence-electron chi connectivity index (χ3n) is 6.59. The lowest BCUT2D eigenvalue weighted by atomic mass is 9.89. The van der Waals surface area contributed by atoms with Gasteiger partial charge in [-0.1, -0.05) is 42.1 Å². The van der Waals surface area contributed by atoms with Crippen molar-refractivity contribution in [2.24, 2.45) is 5.92 Å². The zero-order valence-electron chi connectivity index (χ0n) is 20.9. The number of anilines is 1. The summed E-state index contributed by atoms with van der Waals surface area (Å²) in [7, 11) is 1.31. The number of esters is 1. The number of hydrogen-bond acceptors (Lipinski definition) is 6. The number of ketones is 1. The molecule has 0 spiro atoms. The van der Waals surface area contributed by atoms with Gasteiger partial charge in [-0.15, -0.1) is 0 Å². The highest BCUT2D eigenvalue weighted by atomic mass is 35.5. The van der Waals surface area contributed by atoms with Crippen molar-refractivity contribution in [3.8, 4) is 5.75 Å². The summed E-state index contributed by atoms with van der Waals surface area (Å²) in [6, 6.07) is 8.92. The van der Waals surface area contributed by atoms with Crippen LogP contribution in [0.2, 0.25) is 10.0 Å². The standard InChI is InChI=1S/C27H29Cl2NO7/c1-27(2,17-6-4-5-7-17)37-26(35)22(31)14-24(32)30(15-16-8-11-20(28)21(29)12-16)18-9-10-19(25(33)34)23(13-18)36-3/h8-13,17H,4-7,14-15H2,1-3H3,(H,33,34). The van der Waals surface area contributed by atoms with Crippen molar-refractivity contribution in [1.82, 2.24) is 0 Å². The maximum atomic E-state index is 13.3. The number of carbonyl (C=O) groups excluding carboxylic acids is 3. The van der Waals surface area contributed by atoms with Crippen LogP contribution in [0.15, 0.2) is 36.4 Å². The van der Waals surface area contributed by atoms with E-state index < -0.39 is 35.7 Å². The number of carboxylic acid groups (broad SMARTS) is 1. The number of carbonyl (C=O) groups is 4. The molecule has 198 valence electrons. The van der Waals surface area contributed by atoms with Crippen LogP contribution in [0, 0.1) is 5.92 Å².